The highest BCUT2D eigenvalue weighted by Crippen LogP contribution is 2.32. The van der Waals surface area contributed by atoms with Gasteiger partial charge in [0.25, 0.3) is 0 Å². The Morgan fingerprint density at radius 3 is 2.69 bits per heavy atom. The lowest BCUT2D eigenvalue weighted by molar-refractivity contribution is 0.0543. The highest BCUT2D eigenvalue weighted by molar-refractivity contribution is 5.80. The van der Waals surface area contributed by atoms with Gasteiger partial charge in [-0.05, 0) is 57.4 Å². The number of hydrogen-bond donors (Lipinski definition) is 2. The molecule has 0 radical (unpaired) electrons. The van der Waals surface area contributed by atoms with Crippen molar-refractivity contribution in [3.05, 3.63) is 46.3 Å². The summed E-state index contributed by atoms with van der Waals surface area (Å²) >= 11 is 0. The van der Waals surface area contributed by atoms with Crippen LogP contribution >= 0.6 is 0 Å². The Morgan fingerprint density at radius 1 is 1.31 bits per heavy atom. The molecular formula is C20H26O6. The van der Waals surface area contributed by atoms with Crippen LogP contribution in [0.3, 0.4) is 0 Å². The minimum Gasteiger partial charge on any atom is -0.493 e. The molecule has 0 saturated carbocycles. The van der Waals surface area contributed by atoms with Crippen molar-refractivity contribution >= 4 is 11.0 Å². The van der Waals surface area contributed by atoms with Crippen LogP contribution in [-0.4, -0.2) is 35.6 Å². The van der Waals surface area contributed by atoms with E-state index in [0.717, 1.165) is 11.0 Å². The van der Waals surface area contributed by atoms with E-state index >= 15 is 0 Å². The van der Waals surface area contributed by atoms with Crippen molar-refractivity contribution in [3.8, 4) is 11.5 Å². The first-order valence-corrected chi connectivity index (χ1v) is 8.51. The van der Waals surface area contributed by atoms with Gasteiger partial charge in [-0.1, -0.05) is 0 Å². The molecule has 0 unspecified atom stereocenters. The molecule has 2 rings (SSSR count). The summed E-state index contributed by atoms with van der Waals surface area (Å²) in [6.45, 7) is 5.47. The number of fused-ring (bicyclic) bond motifs is 1. The van der Waals surface area contributed by atoms with Crippen molar-refractivity contribution in [2.75, 3.05) is 13.7 Å². The Morgan fingerprint density at radius 2 is 2.04 bits per heavy atom. The Balaban J connectivity index is 2.07. The van der Waals surface area contributed by atoms with Crippen LogP contribution < -0.4 is 15.1 Å². The summed E-state index contributed by atoms with van der Waals surface area (Å²) in [4.78, 5) is 11.4. The molecule has 0 bridgehead atoms. The van der Waals surface area contributed by atoms with E-state index in [1.807, 2.05) is 6.92 Å². The summed E-state index contributed by atoms with van der Waals surface area (Å²) in [7, 11) is 1.54. The highest BCUT2D eigenvalue weighted by Gasteiger charge is 2.16. The van der Waals surface area contributed by atoms with Crippen LogP contribution in [0, 0.1) is 0 Å². The molecule has 1 heterocycles. The quantitative estimate of drug-likeness (QED) is 0.554. The average molecular weight is 362 g/mol. The van der Waals surface area contributed by atoms with Gasteiger partial charge in [0.05, 0.1) is 18.8 Å². The van der Waals surface area contributed by atoms with E-state index in [1.165, 1.54) is 13.2 Å². The van der Waals surface area contributed by atoms with Crippen LogP contribution in [0.1, 0.15) is 33.6 Å². The second-order valence-corrected chi connectivity index (χ2v) is 6.92. The third-order valence-electron chi connectivity index (χ3n) is 4.10. The van der Waals surface area contributed by atoms with Gasteiger partial charge in [0.15, 0.2) is 11.5 Å². The number of aliphatic hydroxyl groups is 2. The van der Waals surface area contributed by atoms with E-state index in [9.17, 15) is 15.0 Å². The molecule has 0 aliphatic carbocycles. The first-order valence-electron chi connectivity index (χ1n) is 8.51. The monoisotopic (exact) mass is 362 g/mol. The summed E-state index contributed by atoms with van der Waals surface area (Å²) in [6, 6.07) is 6.37. The number of rotatable bonds is 8. The van der Waals surface area contributed by atoms with E-state index in [1.54, 1.807) is 38.1 Å². The summed E-state index contributed by atoms with van der Waals surface area (Å²) in [5.74, 6) is 0.976. The minimum atomic E-state index is -0.805. The van der Waals surface area contributed by atoms with Crippen LogP contribution in [0.2, 0.25) is 0 Å². The predicted octanol–water partition coefficient (Wildman–Crippen LogP) is 3.04. The summed E-state index contributed by atoms with van der Waals surface area (Å²) in [5.41, 5.74) is -0.0563. The fourth-order valence-electron chi connectivity index (χ4n) is 2.46. The first-order chi connectivity index (χ1) is 12.2. The Labute approximate surface area is 152 Å². The number of hydrogen-bond acceptors (Lipinski definition) is 6. The van der Waals surface area contributed by atoms with E-state index in [2.05, 4.69) is 0 Å². The Hall–Kier alpha value is -2.31. The van der Waals surface area contributed by atoms with Gasteiger partial charge in [0, 0.05) is 17.5 Å². The average Bonchev–Trinajstić information content (AvgIpc) is 2.58. The van der Waals surface area contributed by atoms with E-state index in [-0.39, 0.29) is 6.61 Å². The lowest BCUT2D eigenvalue weighted by atomic mass is 9.97. The maximum absolute atomic E-state index is 11.4. The van der Waals surface area contributed by atoms with Crippen molar-refractivity contribution in [1.82, 2.24) is 0 Å². The lowest BCUT2D eigenvalue weighted by Crippen LogP contribution is -2.22. The van der Waals surface area contributed by atoms with Gasteiger partial charge in [-0.2, -0.15) is 0 Å². The van der Waals surface area contributed by atoms with Crippen LogP contribution in [0.4, 0.5) is 0 Å². The van der Waals surface area contributed by atoms with Gasteiger partial charge in [-0.3, -0.25) is 0 Å². The van der Waals surface area contributed by atoms with Crippen LogP contribution in [-0.2, 0) is 0 Å². The van der Waals surface area contributed by atoms with Crippen molar-refractivity contribution in [2.45, 2.75) is 45.3 Å². The SMILES string of the molecule is COc1cc2ccc(=O)oc2cc1OC/C=C(\C)[C@H](O)CCC(C)(C)O. The first kappa shape index (κ1) is 20.0. The molecule has 0 spiro atoms. The molecule has 0 amide bonds. The van der Waals surface area contributed by atoms with Gasteiger partial charge in [0.2, 0.25) is 0 Å². The fraction of sp³-hybridized carbons (Fsp3) is 0.450. The van der Waals surface area contributed by atoms with E-state index in [4.69, 9.17) is 13.9 Å². The smallest absolute Gasteiger partial charge is 0.336 e. The second-order valence-electron chi connectivity index (χ2n) is 6.92. The second kappa shape index (κ2) is 8.38. The zero-order chi connectivity index (χ0) is 19.3. The number of benzene rings is 1. The third kappa shape index (κ3) is 5.61. The zero-order valence-electron chi connectivity index (χ0n) is 15.6. The third-order valence-corrected chi connectivity index (χ3v) is 4.10. The van der Waals surface area contributed by atoms with Crippen LogP contribution in [0.25, 0.3) is 11.0 Å². The largest absolute Gasteiger partial charge is 0.493 e. The molecule has 6 heteroatoms. The maximum Gasteiger partial charge on any atom is 0.336 e. The maximum atomic E-state index is 11.4. The van der Waals surface area contributed by atoms with Gasteiger partial charge in [-0.15, -0.1) is 0 Å². The summed E-state index contributed by atoms with van der Waals surface area (Å²) in [6.07, 6.45) is 2.11. The molecule has 1 atom stereocenters. The van der Waals surface area contributed by atoms with Crippen LogP contribution in [0.15, 0.2) is 45.1 Å². The van der Waals surface area contributed by atoms with Crippen molar-refractivity contribution in [1.29, 1.82) is 0 Å². The lowest BCUT2D eigenvalue weighted by Gasteiger charge is -2.19. The normalized spacial score (nSPS) is 13.7. The molecule has 1 aromatic heterocycles. The van der Waals surface area contributed by atoms with Gasteiger partial charge < -0.3 is 24.1 Å². The molecule has 6 nitrogen and oxygen atoms in total. The topological polar surface area (TPSA) is 89.1 Å². The summed E-state index contributed by atoms with van der Waals surface area (Å²) in [5, 5.41) is 20.6. The highest BCUT2D eigenvalue weighted by atomic mass is 16.5. The summed E-state index contributed by atoms with van der Waals surface area (Å²) < 4.78 is 16.2. The molecule has 2 N–H and O–H groups in total. The molecule has 1 aromatic carbocycles. The van der Waals surface area contributed by atoms with Crippen LogP contribution in [0.5, 0.6) is 11.5 Å². The molecule has 0 saturated heterocycles. The Bertz CT molecular complexity index is 828. The molecule has 2 aromatic rings. The Kier molecular flexibility index (Phi) is 6.45. The molecule has 0 aliphatic heterocycles. The number of aliphatic hydroxyl groups excluding tert-OH is 1. The number of methoxy groups -OCH3 is 1. The van der Waals surface area contributed by atoms with Gasteiger partial charge in [0.1, 0.15) is 12.2 Å². The number of ether oxygens (including phenoxy) is 2. The fourth-order valence-corrected chi connectivity index (χ4v) is 2.46. The van der Waals surface area contributed by atoms with Crippen molar-refractivity contribution < 1.29 is 24.1 Å². The van der Waals surface area contributed by atoms with E-state index < -0.39 is 17.3 Å². The molecule has 142 valence electrons. The van der Waals surface area contributed by atoms with Gasteiger partial charge in [-0.25, -0.2) is 4.79 Å². The van der Waals surface area contributed by atoms with Crippen molar-refractivity contribution in [3.63, 3.8) is 0 Å². The zero-order valence-corrected chi connectivity index (χ0v) is 15.6. The molecular weight excluding hydrogens is 336 g/mol. The minimum absolute atomic E-state index is 0.227. The standard InChI is InChI=1S/C20H26O6/c1-13(15(21)7-9-20(2,3)23)8-10-25-18-12-16-14(11-17(18)24-4)5-6-19(22)26-16/h5-6,8,11-12,15,21,23H,7,9-10H2,1-4H3/b13-8+/t15-/m1/s1. The van der Waals surface area contributed by atoms with Crippen molar-refractivity contribution in [2.24, 2.45) is 0 Å². The molecule has 26 heavy (non-hydrogen) atoms. The molecule has 0 aliphatic rings. The van der Waals surface area contributed by atoms with Gasteiger partial charge >= 0.3 is 5.63 Å². The van der Waals surface area contributed by atoms with E-state index in [0.29, 0.717) is 29.9 Å². The molecule has 0 fully saturated rings. The predicted molar refractivity (Wildman–Crippen MR) is 99.8 cm³/mol.